The summed E-state index contributed by atoms with van der Waals surface area (Å²) in [5.41, 5.74) is 2.78. The number of piperidine rings is 1. The summed E-state index contributed by atoms with van der Waals surface area (Å²) in [7, 11) is 0. The van der Waals surface area contributed by atoms with Crippen molar-refractivity contribution in [1.29, 1.82) is 0 Å². The van der Waals surface area contributed by atoms with Crippen LogP contribution in [-0.2, 0) is 19.5 Å². The van der Waals surface area contributed by atoms with Crippen molar-refractivity contribution in [3.05, 3.63) is 57.3 Å². The number of hydrogen-bond acceptors (Lipinski definition) is 4. The molecule has 2 aromatic rings. The maximum atomic E-state index is 13.1. The minimum absolute atomic E-state index is 0.00468. The van der Waals surface area contributed by atoms with Gasteiger partial charge >= 0.3 is 0 Å². The number of rotatable bonds is 3. The Balaban J connectivity index is 1.52. The number of H-pyrrole nitrogens is 1. The van der Waals surface area contributed by atoms with Gasteiger partial charge in [0.05, 0.1) is 5.69 Å². The van der Waals surface area contributed by atoms with Crippen LogP contribution in [0.25, 0.3) is 0 Å². The molecule has 4 rings (SSSR count). The number of nitrogens with one attached hydrogen (secondary N) is 1. The molecule has 1 fully saturated rings. The zero-order chi connectivity index (χ0) is 18.1. The molecular weight excluding hydrogens is 331 g/mol. The van der Waals surface area contributed by atoms with E-state index in [1.54, 1.807) is 0 Å². The maximum Gasteiger partial charge on any atom is 0.255 e. The van der Waals surface area contributed by atoms with Gasteiger partial charge in [-0.3, -0.25) is 14.7 Å². The summed E-state index contributed by atoms with van der Waals surface area (Å²) < 4.78 is 13.1. The molecule has 0 amide bonds. The molecule has 0 bridgehead atoms. The predicted molar refractivity (Wildman–Crippen MR) is 99.7 cm³/mol. The highest BCUT2D eigenvalue weighted by Crippen LogP contribution is 2.22. The van der Waals surface area contributed by atoms with E-state index < -0.39 is 0 Å². The van der Waals surface area contributed by atoms with Crippen LogP contribution in [0.15, 0.2) is 29.1 Å². The molecule has 0 spiro atoms. The van der Waals surface area contributed by atoms with E-state index in [1.807, 2.05) is 12.1 Å². The number of anilines is 1. The Kier molecular flexibility index (Phi) is 4.76. The van der Waals surface area contributed by atoms with Gasteiger partial charge in [0.1, 0.15) is 5.82 Å². The van der Waals surface area contributed by atoms with Gasteiger partial charge in [0.15, 0.2) is 0 Å². The average Bonchev–Trinajstić information content (AvgIpc) is 2.64. The van der Waals surface area contributed by atoms with Gasteiger partial charge in [-0.05, 0) is 42.9 Å². The molecule has 26 heavy (non-hydrogen) atoms. The molecule has 1 aromatic heterocycles. The number of aromatic amines is 1. The summed E-state index contributed by atoms with van der Waals surface area (Å²) in [6.45, 7) is 6.38. The van der Waals surface area contributed by atoms with Crippen molar-refractivity contribution in [1.82, 2.24) is 14.9 Å². The van der Waals surface area contributed by atoms with Crippen molar-refractivity contribution in [3.8, 4) is 0 Å². The van der Waals surface area contributed by atoms with Crippen LogP contribution in [-0.4, -0.2) is 34.5 Å². The van der Waals surface area contributed by atoms with E-state index >= 15 is 0 Å². The minimum Gasteiger partial charge on any atom is -0.342 e. The van der Waals surface area contributed by atoms with Crippen molar-refractivity contribution < 1.29 is 4.39 Å². The molecule has 0 saturated carbocycles. The summed E-state index contributed by atoms with van der Waals surface area (Å²) in [4.78, 5) is 24.8. The SMILES string of the molecule is CC1CCN(c2nc3c(c(=O)[nH]2)CCN(Cc2ccc(F)cc2)C3)CC1. The van der Waals surface area contributed by atoms with Crippen LogP contribution in [0.1, 0.15) is 36.6 Å². The normalized spacial score (nSPS) is 18.8. The lowest BCUT2D eigenvalue weighted by atomic mass is 9.99. The van der Waals surface area contributed by atoms with Crippen molar-refractivity contribution in [2.75, 3.05) is 24.5 Å². The topological polar surface area (TPSA) is 52.2 Å². The molecule has 3 heterocycles. The van der Waals surface area contributed by atoms with E-state index in [9.17, 15) is 9.18 Å². The smallest absolute Gasteiger partial charge is 0.255 e. The molecule has 0 atom stereocenters. The Hall–Kier alpha value is -2.21. The second-order valence-electron chi connectivity index (χ2n) is 7.57. The highest BCUT2D eigenvalue weighted by atomic mass is 19.1. The molecule has 0 unspecified atom stereocenters. The van der Waals surface area contributed by atoms with Crippen LogP contribution in [0.2, 0.25) is 0 Å². The zero-order valence-corrected chi connectivity index (χ0v) is 15.2. The van der Waals surface area contributed by atoms with Gasteiger partial charge in [-0.2, -0.15) is 0 Å². The first-order valence-electron chi connectivity index (χ1n) is 9.42. The first kappa shape index (κ1) is 17.2. The third-order valence-electron chi connectivity index (χ3n) is 5.54. The fourth-order valence-corrected chi connectivity index (χ4v) is 3.83. The lowest BCUT2D eigenvalue weighted by Gasteiger charge is -2.32. The standard InChI is InChI=1S/C20H25FN4O/c1-14-6-10-25(11-7-14)20-22-18-13-24(9-8-17(18)19(26)23-20)12-15-2-4-16(21)5-3-15/h2-5,14H,6-13H2,1H3,(H,22,23,26). The highest BCUT2D eigenvalue weighted by Gasteiger charge is 2.24. The van der Waals surface area contributed by atoms with Crippen LogP contribution >= 0.6 is 0 Å². The molecule has 1 saturated heterocycles. The van der Waals surface area contributed by atoms with E-state index in [0.717, 1.165) is 61.8 Å². The van der Waals surface area contributed by atoms with Crippen LogP contribution in [0.4, 0.5) is 10.3 Å². The lowest BCUT2D eigenvalue weighted by Crippen LogP contribution is -2.39. The maximum absolute atomic E-state index is 13.1. The fraction of sp³-hybridized carbons (Fsp3) is 0.500. The van der Waals surface area contributed by atoms with Gasteiger partial charge in [-0.15, -0.1) is 0 Å². The Morgan fingerprint density at radius 1 is 1.19 bits per heavy atom. The van der Waals surface area contributed by atoms with Gasteiger partial charge in [0.2, 0.25) is 5.95 Å². The van der Waals surface area contributed by atoms with Gasteiger partial charge < -0.3 is 4.90 Å². The first-order chi connectivity index (χ1) is 12.6. The number of halogens is 1. The Morgan fingerprint density at radius 2 is 1.92 bits per heavy atom. The number of hydrogen-bond donors (Lipinski definition) is 1. The molecule has 2 aliphatic heterocycles. The second-order valence-corrected chi connectivity index (χ2v) is 7.57. The lowest BCUT2D eigenvalue weighted by molar-refractivity contribution is 0.240. The van der Waals surface area contributed by atoms with E-state index in [4.69, 9.17) is 4.98 Å². The van der Waals surface area contributed by atoms with Crippen LogP contribution in [0.5, 0.6) is 0 Å². The molecular formula is C20H25FN4O. The first-order valence-corrected chi connectivity index (χ1v) is 9.42. The predicted octanol–water partition coefficient (Wildman–Crippen LogP) is 2.70. The highest BCUT2D eigenvalue weighted by molar-refractivity contribution is 5.35. The Labute approximate surface area is 152 Å². The summed E-state index contributed by atoms with van der Waals surface area (Å²) in [6.07, 6.45) is 2.98. The number of fused-ring (bicyclic) bond motifs is 1. The number of nitrogens with zero attached hydrogens (tertiary/aromatic N) is 3. The molecule has 6 heteroatoms. The summed E-state index contributed by atoms with van der Waals surface area (Å²) >= 11 is 0. The summed E-state index contributed by atoms with van der Waals surface area (Å²) in [5, 5.41) is 0. The van der Waals surface area contributed by atoms with Crippen LogP contribution in [0, 0.1) is 11.7 Å². The zero-order valence-electron chi connectivity index (χ0n) is 15.2. The van der Waals surface area contributed by atoms with Crippen molar-refractivity contribution >= 4 is 5.95 Å². The van der Waals surface area contributed by atoms with E-state index in [0.29, 0.717) is 18.9 Å². The summed E-state index contributed by atoms with van der Waals surface area (Å²) in [5.74, 6) is 1.23. The molecule has 5 nitrogen and oxygen atoms in total. The second kappa shape index (κ2) is 7.19. The molecule has 138 valence electrons. The summed E-state index contributed by atoms with van der Waals surface area (Å²) in [6, 6.07) is 6.62. The largest absolute Gasteiger partial charge is 0.342 e. The van der Waals surface area contributed by atoms with Crippen molar-refractivity contribution in [2.45, 2.75) is 39.3 Å². The molecule has 1 aromatic carbocycles. The van der Waals surface area contributed by atoms with Gasteiger partial charge in [0, 0.05) is 38.3 Å². The third kappa shape index (κ3) is 3.65. The molecule has 2 aliphatic rings. The fourth-order valence-electron chi connectivity index (χ4n) is 3.83. The van der Waals surface area contributed by atoms with E-state index in [2.05, 4.69) is 21.7 Å². The van der Waals surface area contributed by atoms with Crippen molar-refractivity contribution in [3.63, 3.8) is 0 Å². The molecule has 0 radical (unpaired) electrons. The third-order valence-corrected chi connectivity index (χ3v) is 5.54. The van der Waals surface area contributed by atoms with E-state index in [1.165, 1.54) is 12.1 Å². The van der Waals surface area contributed by atoms with Gasteiger partial charge in [0.25, 0.3) is 5.56 Å². The number of aromatic nitrogens is 2. The molecule has 0 aliphatic carbocycles. The minimum atomic E-state index is -0.216. The quantitative estimate of drug-likeness (QED) is 0.919. The van der Waals surface area contributed by atoms with Crippen LogP contribution in [0.3, 0.4) is 0 Å². The number of benzene rings is 1. The monoisotopic (exact) mass is 356 g/mol. The molecule has 1 N–H and O–H groups in total. The Bertz CT molecular complexity index is 825. The van der Waals surface area contributed by atoms with Crippen LogP contribution < -0.4 is 10.5 Å². The van der Waals surface area contributed by atoms with Gasteiger partial charge in [-0.25, -0.2) is 9.37 Å². The van der Waals surface area contributed by atoms with Gasteiger partial charge in [-0.1, -0.05) is 19.1 Å². The van der Waals surface area contributed by atoms with Crippen molar-refractivity contribution in [2.24, 2.45) is 5.92 Å². The average molecular weight is 356 g/mol. The Morgan fingerprint density at radius 3 is 2.65 bits per heavy atom. The van der Waals surface area contributed by atoms with E-state index in [-0.39, 0.29) is 11.4 Å².